The first kappa shape index (κ1) is 19.5. The quantitative estimate of drug-likeness (QED) is 0.805. The molecular weight excluding hydrogens is 345 g/mol. The van der Waals surface area contributed by atoms with Gasteiger partial charge in [0.05, 0.1) is 11.6 Å². The molecule has 0 spiro atoms. The highest BCUT2D eigenvalue weighted by molar-refractivity contribution is 6.39. The summed E-state index contributed by atoms with van der Waals surface area (Å²) in [5, 5.41) is 4.73. The third-order valence-electron chi connectivity index (χ3n) is 3.89. The molecule has 138 valence electrons. The highest BCUT2D eigenvalue weighted by Crippen LogP contribution is 2.30. The van der Waals surface area contributed by atoms with Crippen LogP contribution in [0.25, 0.3) is 0 Å². The molecule has 4 nitrogen and oxygen atoms in total. The number of amides is 2. The van der Waals surface area contributed by atoms with Gasteiger partial charge in [-0.25, -0.2) is 0 Å². The number of rotatable bonds is 3. The Morgan fingerprint density at radius 3 is 2.31 bits per heavy atom. The van der Waals surface area contributed by atoms with Crippen LogP contribution in [0.3, 0.4) is 0 Å². The molecule has 0 radical (unpaired) electrons. The monoisotopic (exact) mass is 364 g/mol. The summed E-state index contributed by atoms with van der Waals surface area (Å²) in [5.41, 5.74) is 1.90. The number of halogens is 3. The second-order valence-corrected chi connectivity index (χ2v) is 6.09. The Morgan fingerprint density at radius 1 is 1.00 bits per heavy atom. The van der Waals surface area contributed by atoms with Crippen molar-refractivity contribution in [3.63, 3.8) is 0 Å². The van der Waals surface area contributed by atoms with E-state index in [1.54, 1.807) is 6.92 Å². The van der Waals surface area contributed by atoms with Crippen molar-refractivity contribution in [2.45, 2.75) is 33.0 Å². The summed E-state index contributed by atoms with van der Waals surface area (Å²) in [6.45, 7) is 5.57. The Labute approximate surface area is 149 Å². The van der Waals surface area contributed by atoms with E-state index in [0.717, 1.165) is 34.9 Å². The molecule has 2 aromatic carbocycles. The predicted octanol–water partition coefficient (Wildman–Crippen LogP) is 4.14. The molecule has 0 aliphatic carbocycles. The van der Waals surface area contributed by atoms with E-state index >= 15 is 0 Å². The largest absolute Gasteiger partial charge is 0.416 e. The molecular formula is C19H19F3N2O2. The maximum Gasteiger partial charge on any atom is 0.416 e. The molecule has 0 aromatic heterocycles. The van der Waals surface area contributed by atoms with E-state index in [2.05, 4.69) is 10.6 Å². The molecule has 1 atom stereocenters. The summed E-state index contributed by atoms with van der Waals surface area (Å²) in [7, 11) is 0. The summed E-state index contributed by atoms with van der Waals surface area (Å²) >= 11 is 0. The zero-order chi connectivity index (χ0) is 19.5. The fourth-order valence-corrected chi connectivity index (χ4v) is 2.61. The standard InChI is InChI=1S/C19H19F3N2O2/c1-11-7-8-16(12(2)9-11)13(3)23-17(25)18(26)24-15-6-4-5-14(10-15)19(20,21)22/h4-10,13H,1-3H3,(H,23,25)(H,24,26)/t13-/m0/s1. The smallest absolute Gasteiger partial charge is 0.341 e. The lowest BCUT2D eigenvalue weighted by Crippen LogP contribution is -2.37. The molecule has 2 N–H and O–H groups in total. The first-order chi connectivity index (χ1) is 12.1. The molecule has 0 aliphatic rings. The molecule has 2 amide bonds. The molecule has 26 heavy (non-hydrogen) atoms. The van der Waals surface area contributed by atoms with Gasteiger partial charge in [-0.1, -0.05) is 29.8 Å². The molecule has 0 unspecified atom stereocenters. The van der Waals surface area contributed by atoms with Crippen LogP contribution in [0.1, 0.15) is 35.2 Å². The number of carbonyl (C=O) groups is 2. The van der Waals surface area contributed by atoms with Gasteiger partial charge in [-0.3, -0.25) is 9.59 Å². The van der Waals surface area contributed by atoms with Crippen molar-refractivity contribution in [3.8, 4) is 0 Å². The normalized spacial score (nSPS) is 12.4. The average Bonchev–Trinajstić information content (AvgIpc) is 2.54. The lowest BCUT2D eigenvalue weighted by molar-refractivity contribution is -0.137. The van der Waals surface area contributed by atoms with Gasteiger partial charge < -0.3 is 10.6 Å². The van der Waals surface area contributed by atoms with Crippen molar-refractivity contribution in [1.82, 2.24) is 5.32 Å². The van der Waals surface area contributed by atoms with Gasteiger partial charge in [0.1, 0.15) is 0 Å². The third-order valence-corrected chi connectivity index (χ3v) is 3.89. The molecule has 0 aliphatic heterocycles. The van der Waals surface area contributed by atoms with Crippen LogP contribution in [0.5, 0.6) is 0 Å². The van der Waals surface area contributed by atoms with E-state index in [1.807, 2.05) is 32.0 Å². The van der Waals surface area contributed by atoms with Crippen molar-refractivity contribution >= 4 is 17.5 Å². The minimum atomic E-state index is -4.53. The van der Waals surface area contributed by atoms with Gasteiger partial charge in [0, 0.05) is 5.69 Å². The summed E-state index contributed by atoms with van der Waals surface area (Å²) < 4.78 is 38.1. The van der Waals surface area contributed by atoms with Crippen LogP contribution in [0, 0.1) is 13.8 Å². The van der Waals surface area contributed by atoms with Gasteiger partial charge in [0.25, 0.3) is 0 Å². The highest BCUT2D eigenvalue weighted by atomic mass is 19.4. The molecule has 0 fully saturated rings. The summed E-state index contributed by atoms with van der Waals surface area (Å²) in [4.78, 5) is 24.0. The minimum absolute atomic E-state index is 0.0980. The number of hydrogen-bond donors (Lipinski definition) is 2. The van der Waals surface area contributed by atoms with Crippen LogP contribution in [-0.2, 0) is 15.8 Å². The first-order valence-corrected chi connectivity index (χ1v) is 7.94. The van der Waals surface area contributed by atoms with Crippen LogP contribution < -0.4 is 10.6 Å². The van der Waals surface area contributed by atoms with Crippen molar-refractivity contribution < 1.29 is 22.8 Å². The van der Waals surface area contributed by atoms with E-state index < -0.39 is 29.6 Å². The van der Waals surface area contributed by atoms with Crippen LogP contribution in [-0.4, -0.2) is 11.8 Å². The zero-order valence-electron chi connectivity index (χ0n) is 14.6. The van der Waals surface area contributed by atoms with Gasteiger partial charge in [-0.05, 0) is 50.1 Å². The Hall–Kier alpha value is -2.83. The predicted molar refractivity (Wildman–Crippen MR) is 92.5 cm³/mol. The number of benzene rings is 2. The molecule has 0 bridgehead atoms. The van der Waals surface area contributed by atoms with Gasteiger partial charge in [-0.2, -0.15) is 13.2 Å². The lowest BCUT2D eigenvalue weighted by Gasteiger charge is -2.17. The summed E-state index contributed by atoms with van der Waals surface area (Å²) in [6.07, 6.45) is -4.53. The first-order valence-electron chi connectivity index (χ1n) is 7.94. The van der Waals surface area contributed by atoms with Crippen LogP contribution in [0.2, 0.25) is 0 Å². The van der Waals surface area contributed by atoms with Crippen LogP contribution in [0.15, 0.2) is 42.5 Å². The van der Waals surface area contributed by atoms with Gasteiger partial charge in [0.2, 0.25) is 0 Å². The van der Waals surface area contributed by atoms with Crippen molar-refractivity contribution in [2.24, 2.45) is 0 Å². The zero-order valence-corrected chi connectivity index (χ0v) is 14.6. The number of alkyl halides is 3. The maximum atomic E-state index is 12.7. The van der Waals surface area contributed by atoms with Gasteiger partial charge >= 0.3 is 18.0 Å². The number of carbonyl (C=O) groups excluding carboxylic acids is 2. The van der Waals surface area contributed by atoms with Crippen LogP contribution in [0.4, 0.5) is 18.9 Å². The SMILES string of the molecule is Cc1ccc([C@H](C)NC(=O)C(=O)Nc2cccc(C(F)(F)F)c2)c(C)c1. The topological polar surface area (TPSA) is 58.2 Å². The van der Waals surface area contributed by atoms with Crippen molar-refractivity contribution in [3.05, 3.63) is 64.7 Å². The van der Waals surface area contributed by atoms with E-state index in [4.69, 9.17) is 0 Å². The molecule has 0 heterocycles. The number of hydrogen-bond acceptors (Lipinski definition) is 2. The number of aryl methyl sites for hydroxylation is 2. The summed E-state index contributed by atoms with van der Waals surface area (Å²) in [6, 6.07) is 9.41. The number of anilines is 1. The average molecular weight is 364 g/mol. The fraction of sp³-hybridized carbons (Fsp3) is 0.263. The summed E-state index contributed by atoms with van der Waals surface area (Å²) in [5.74, 6) is -1.95. The minimum Gasteiger partial charge on any atom is -0.341 e. The Morgan fingerprint density at radius 2 is 1.69 bits per heavy atom. The second-order valence-electron chi connectivity index (χ2n) is 6.09. The molecule has 2 rings (SSSR count). The van der Waals surface area contributed by atoms with Gasteiger partial charge in [0.15, 0.2) is 0 Å². The molecule has 2 aromatic rings. The van der Waals surface area contributed by atoms with Crippen LogP contribution >= 0.6 is 0 Å². The van der Waals surface area contributed by atoms with Crippen molar-refractivity contribution in [2.75, 3.05) is 5.32 Å². The Kier molecular flexibility index (Phi) is 5.69. The maximum absolute atomic E-state index is 12.7. The molecule has 0 saturated carbocycles. The van der Waals surface area contributed by atoms with E-state index in [-0.39, 0.29) is 5.69 Å². The van der Waals surface area contributed by atoms with Crippen molar-refractivity contribution in [1.29, 1.82) is 0 Å². The fourth-order valence-electron chi connectivity index (χ4n) is 2.61. The Bertz CT molecular complexity index is 832. The highest BCUT2D eigenvalue weighted by Gasteiger charge is 2.30. The molecule has 7 heteroatoms. The second kappa shape index (κ2) is 7.59. The van der Waals surface area contributed by atoms with E-state index in [1.165, 1.54) is 6.07 Å². The van der Waals surface area contributed by atoms with E-state index in [9.17, 15) is 22.8 Å². The van der Waals surface area contributed by atoms with E-state index in [0.29, 0.717) is 0 Å². The third kappa shape index (κ3) is 4.84. The van der Waals surface area contributed by atoms with Gasteiger partial charge in [-0.15, -0.1) is 0 Å². The Balaban J connectivity index is 2.05. The number of nitrogens with one attached hydrogen (secondary N) is 2. The molecule has 0 saturated heterocycles. The lowest BCUT2D eigenvalue weighted by atomic mass is 10.0.